The number of aromatic nitrogens is 4. The zero-order chi connectivity index (χ0) is 15.4. The van der Waals surface area contributed by atoms with Gasteiger partial charge in [0.1, 0.15) is 17.1 Å². The van der Waals surface area contributed by atoms with Gasteiger partial charge in [0.15, 0.2) is 5.65 Å². The largest absolute Gasteiger partial charge is 0.497 e. The van der Waals surface area contributed by atoms with Gasteiger partial charge in [-0.2, -0.15) is 9.61 Å². The number of nitrogens with zero attached hydrogens (tertiary/aromatic N) is 4. The van der Waals surface area contributed by atoms with Crippen LogP contribution in [0.2, 0.25) is 0 Å². The molecule has 0 spiro atoms. The lowest BCUT2D eigenvalue weighted by Gasteiger charge is -2.06. The third-order valence-corrected chi connectivity index (χ3v) is 3.76. The van der Waals surface area contributed by atoms with Gasteiger partial charge in [-0.25, -0.2) is 0 Å². The Kier molecular flexibility index (Phi) is 4.19. The van der Waals surface area contributed by atoms with Crippen molar-refractivity contribution in [1.29, 1.82) is 0 Å². The van der Waals surface area contributed by atoms with Crippen LogP contribution in [0.25, 0.3) is 5.65 Å². The lowest BCUT2D eigenvalue weighted by Crippen LogP contribution is -2.14. The molecule has 2 heterocycles. The Bertz CT molecular complexity index is 805. The van der Waals surface area contributed by atoms with Gasteiger partial charge in [-0.3, -0.25) is 4.79 Å². The first-order valence-electron chi connectivity index (χ1n) is 6.48. The number of carbonyl (C=O) groups excluding carboxylic acids is 1. The van der Waals surface area contributed by atoms with E-state index in [2.05, 4.69) is 20.6 Å². The maximum atomic E-state index is 12.0. The number of hydrogen-bond donors (Lipinski definition) is 1. The number of thioether (sulfide) groups is 1. The second kappa shape index (κ2) is 6.44. The van der Waals surface area contributed by atoms with E-state index in [1.54, 1.807) is 17.7 Å². The summed E-state index contributed by atoms with van der Waals surface area (Å²) in [6.45, 7) is 0. The van der Waals surface area contributed by atoms with E-state index < -0.39 is 0 Å². The topological polar surface area (TPSA) is 81.4 Å². The van der Waals surface area contributed by atoms with E-state index in [1.807, 2.05) is 30.3 Å². The van der Waals surface area contributed by atoms with Crippen molar-refractivity contribution in [2.24, 2.45) is 0 Å². The van der Waals surface area contributed by atoms with Crippen molar-refractivity contribution in [3.05, 3.63) is 42.7 Å². The van der Waals surface area contributed by atoms with E-state index >= 15 is 0 Å². The Morgan fingerprint density at radius 2 is 2.27 bits per heavy atom. The Hall–Kier alpha value is -2.61. The van der Waals surface area contributed by atoms with Gasteiger partial charge in [0.05, 0.1) is 12.9 Å². The Balaban J connectivity index is 1.59. The van der Waals surface area contributed by atoms with E-state index in [9.17, 15) is 4.79 Å². The molecular formula is C14H13N5O2S. The molecule has 1 aromatic carbocycles. The average Bonchev–Trinajstić information content (AvgIpc) is 3.00. The molecule has 22 heavy (non-hydrogen) atoms. The fourth-order valence-corrected chi connectivity index (χ4v) is 2.49. The second-order valence-electron chi connectivity index (χ2n) is 4.37. The minimum absolute atomic E-state index is 0.107. The first kappa shape index (κ1) is 14.3. The number of methoxy groups -OCH3 is 1. The number of nitrogens with one attached hydrogen (secondary N) is 1. The van der Waals surface area contributed by atoms with Crippen LogP contribution in [-0.2, 0) is 4.79 Å². The SMILES string of the molecule is COc1cccc(NC(=O)CSc2ccc3nncn3n2)c1. The molecule has 0 bridgehead atoms. The van der Waals surface area contributed by atoms with E-state index in [-0.39, 0.29) is 11.7 Å². The summed E-state index contributed by atoms with van der Waals surface area (Å²) in [4.78, 5) is 12.0. The van der Waals surface area contributed by atoms with Crippen LogP contribution in [0, 0.1) is 0 Å². The predicted molar refractivity (Wildman–Crippen MR) is 83.1 cm³/mol. The first-order valence-corrected chi connectivity index (χ1v) is 7.47. The lowest BCUT2D eigenvalue weighted by atomic mass is 10.3. The molecule has 0 unspecified atom stereocenters. The summed E-state index contributed by atoms with van der Waals surface area (Å²) >= 11 is 1.35. The summed E-state index contributed by atoms with van der Waals surface area (Å²) in [6.07, 6.45) is 1.52. The molecule has 0 saturated carbocycles. The van der Waals surface area contributed by atoms with Crippen molar-refractivity contribution < 1.29 is 9.53 Å². The number of hydrogen-bond acceptors (Lipinski definition) is 6. The number of carbonyl (C=O) groups is 1. The molecule has 3 rings (SSSR count). The normalized spacial score (nSPS) is 10.6. The zero-order valence-corrected chi connectivity index (χ0v) is 12.6. The van der Waals surface area contributed by atoms with Crippen LogP contribution >= 0.6 is 11.8 Å². The fourth-order valence-electron chi connectivity index (χ4n) is 1.83. The minimum atomic E-state index is -0.107. The van der Waals surface area contributed by atoms with Gasteiger partial charge >= 0.3 is 0 Å². The smallest absolute Gasteiger partial charge is 0.234 e. The Labute approximate surface area is 130 Å². The van der Waals surface area contributed by atoms with Crippen LogP contribution in [0.4, 0.5) is 5.69 Å². The van der Waals surface area contributed by atoms with Crippen molar-refractivity contribution in [1.82, 2.24) is 19.8 Å². The molecule has 0 aliphatic heterocycles. The van der Waals surface area contributed by atoms with Crippen LogP contribution in [0.5, 0.6) is 5.75 Å². The van der Waals surface area contributed by atoms with Crippen molar-refractivity contribution in [3.8, 4) is 5.75 Å². The van der Waals surface area contributed by atoms with Crippen molar-refractivity contribution in [3.63, 3.8) is 0 Å². The van der Waals surface area contributed by atoms with Gasteiger partial charge in [0, 0.05) is 11.8 Å². The number of rotatable bonds is 5. The highest BCUT2D eigenvalue weighted by atomic mass is 32.2. The number of anilines is 1. The maximum Gasteiger partial charge on any atom is 0.234 e. The van der Waals surface area contributed by atoms with E-state index in [1.165, 1.54) is 18.1 Å². The lowest BCUT2D eigenvalue weighted by molar-refractivity contribution is -0.113. The number of ether oxygens (including phenoxy) is 1. The second-order valence-corrected chi connectivity index (χ2v) is 5.37. The molecule has 1 amide bonds. The summed E-state index contributed by atoms with van der Waals surface area (Å²) in [5.74, 6) is 0.853. The standard InChI is InChI=1S/C14H13N5O2S/c1-21-11-4-2-3-10(7-11)16-13(20)8-22-14-6-5-12-17-15-9-19(12)18-14/h2-7,9H,8H2,1H3,(H,16,20). The van der Waals surface area contributed by atoms with Gasteiger partial charge in [0.2, 0.25) is 5.91 Å². The summed E-state index contributed by atoms with van der Waals surface area (Å²) < 4.78 is 6.69. The Morgan fingerprint density at radius 1 is 1.36 bits per heavy atom. The van der Waals surface area contributed by atoms with Crippen LogP contribution in [0.1, 0.15) is 0 Å². The van der Waals surface area contributed by atoms with Crippen molar-refractivity contribution in [2.45, 2.75) is 5.03 Å². The van der Waals surface area contributed by atoms with Crippen LogP contribution < -0.4 is 10.1 Å². The van der Waals surface area contributed by atoms with Crippen LogP contribution in [0.3, 0.4) is 0 Å². The molecule has 7 nitrogen and oxygen atoms in total. The third-order valence-electron chi connectivity index (χ3n) is 2.84. The molecule has 0 saturated heterocycles. The summed E-state index contributed by atoms with van der Waals surface area (Å²) in [6, 6.07) is 10.8. The molecule has 2 aromatic heterocycles. The monoisotopic (exact) mass is 315 g/mol. The molecule has 0 radical (unpaired) electrons. The van der Waals surface area contributed by atoms with Crippen molar-refractivity contribution >= 4 is 29.0 Å². The fraction of sp³-hybridized carbons (Fsp3) is 0.143. The molecule has 1 N–H and O–H groups in total. The molecule has 112 valence electrons. The van der Waals surface area contributed by atoms with E-state index in [0.717, 1.165) is 5.03 Å². The molecular weight excluding hydrogens is 302 g/mol. The third kappa shape index (κ3) is 3.34. The number of fused-ring (bicyclic) bond motifs is 1. The van der Waals surface area contributed by atoms with E-state index in [0.29, 0.717) is 17.1 Å². The minimum Gasteiger partial charge on any atom is -0.497 e. The van der Waals surface area contributed by atoms with Gasteiger partial charge in [-0.05, 0) is 24.3 Å². The summed E-state index contributed by atoms with van der Waals surface area (Å²) in [7, 11) is 1.59. The number of amides is 1. The summed E-state index contributed by atoms with van der Waals surface area (Å²) in [5.41, 5.74) is 1.37. The van der Waals surface area contributed by atoms with Crippen LogP contribution in [-0.4, -0.2) is 38.6 Å². The molecule has 0 aliphatic rings. The highest BCUT2D eigenvalue weighted by Gasteiger charge is 2.06. The molecule has 8 heteroatoms. The summed E-state index contributed by atoms with van der Waals surface area (Å²) in [5, 5.41) is 15.5. The average molecular weight is 315 g/mol. The van der Waals surface area contributed by atoms with E-state index in [4.69, 9.17) is 4.74 Å². The van der Waals surface area contributed by atoms with Gasteiger partial charge in [0.25, 0.3) is 0 Å². The number of benzene rings is 1. The molecule has 0 atom stereocenters. The molecule has 3 aromatic rings. The zero-order valence-electron chi connectivity index (χ0n) is 11.8. The van der Waals surface area contributed by atoms with Crippen LogP contribution in [0.15, 0.2) is 47.8 Å². The van der Waals surface area contributed by atoms with Gasteiger partial charge in [-0.15, -0.1) is 10.2 Å². The van der Waals surface area contributed by atoms with Gasteiger partial charge < -0.3 is 10.1 Å². The van der Waals surface area contributed by atoms with Crippen molar-refractivity contribution in [2.75, 3.05) is 18.2 Å². The Morgan fingerprint density at radius 3 is 3.14 bits per heavy atom. The molecule has 0 aliphatic carbocycles. The first-order chi connectivity index (χ1) is 10.7. The quantitative estimate of drug-likeness (QED) is 0.724. The highest BCUT2D eigenvalue weighted by Crippen LogP contribution is 2.18. The highest BCUT2D eigenvalue weighted by molar-refractivity contribution is 7.99. The molecule has 0 fully saturated rings. The maximum absolute atomic E-state index is 12.0. The predicted octanol–water partition coefficient (Wildman–Crippen LogP) is 1.86. The van der Waals surface area contributed by atoms with Gasteiger partial charge in [-0.1, -0.05) is 17.8 Å².